The minimum absolute atomic E-state index is 0.0271. The molecule has 0 aliphatic rings. The Hall–Kier alpha value is -3.15. The van der Waals surface area contributed by atoms with E-state index in [0.717, 1.165) is 5.56 Å². The van der Waals surface area contributed by atoms with Crippen LogP contribution in [0.4, 0.5) is 5.69 Å². The summed E-state index contributed by atoms with van der Waals surface area (Å²) in [5.41, 5.74) is 2.69. The lowest BCUT2D eigenvalue weighted by molar-refractivity contribution is -0.139. The van der Waals surface area contributed by atoms with Gasteiger partial charge in [-0.15, -0.1) is 0 Å². The van der Waals surface area contributed by atoms with Crippen molar-refractivity contribution in [3.05, 3.63) is 65.2 Å². The van der Waals surface area contributed by atoms with E-state index in [9.17, 15) is 14.4 Å². The molecule has 27 heavy (non-hydrogen) atoms. The number of carbonyl (C=O) groups is 3. The maximum atomic E-state index is 12.4. The molecule has 0 radical (unpaired) electrons. The highest BCUT2D eigenvalue weighted by molar-refractivity contribution is 6.04. The van der Waals surface area contributed by atoms with Gasteiger partial charge in [0.15, 0.2) is 0 Å². The van der Waals surface area contributed by atoms with Crippen molar-refractivity contribution in [1.82, 2.24) is 5.32 Å². The minimum atomic E-state index is -0.523. The van der Waals surface area contributed by atoms with Crippen molar-refractivity contribution >= 4 is 23.5 Å². The lowest BCUT2D eigenvalue weighted by Gasteiger charge is -2.19. The molecular formula is C21H24N2O4. The summed E-state index contributed by atoms with van der Waals surface area (Å²) in [7, 11) is 1.25. The first-order valence-electron chi connectivity index (χ1n) is 8.57. The van der Waals surface area contributed by atoms with E-state index in [2.05, 4.69) is 36.1 Å². The molecule has 2 amide bonds. The van der Waals surface area contributed by atoms with E-state index in [1.54, 1.807) is 36.4 Å². The van der Waals surface area contributed by atoms with Crippen LogP contribution in [-0.4, -0.2) is 31.4 Å². The zero-order valence-corrected chi connectivity index (χ0v) is 16.0. The van der Waals surface area contributed by atoms with Gasteiger partial charge in [0.2, 0.25) is 0 Å². The zero-order valence-electron chi connectivity index (χ0n) is 16.0. The van der Waals surface area contributed by atoms with Crippen LogP contribution in [0.5, 0.6) is 0 Å². The van der Waals surface area contributed by atoms with Crippen molar-refractivity contribution in [2.75, 3.05) is 19.0 Å². The predicted molar refractivity (Wildman–Crippen MR) is 104 cm³/mol. The summed E-state index contributed by atoms with van der Waals surface area (Å²) in [6, 6.07) is 13.9. The summed E-state index contributed by atoms with van der Waals surface area (Å²) in [4.78, 5) is 35.3. The molecule has 6 heteroatoms. The standard InChI is InChI=1S/C21H24N2O4/c1-21(2,3)16-9-5-15(6-10-16)20(26)23-17-11-7-14(8-12-17)19(25)22-13-18(24)27-4/h5-12H,13H2,1-4H3,(H,22,25)(H,23,26). The van der Waals surface area contributed by atoms with Crippen molar-refractivity contribution in [2.24, 2.45) is 0 Å². The van der Waals surface area contributed by atoms with Gasteiger partial charge in [-0.2, -0.15) is 0 Å². The summed E-state index contributed by atoms with van der Waals surface area (Å²) in [6.45, 7) is 6.15. The van der Waals surface area contributed by atoms with Crippen molar-refractivity contribution in [2.45, 2.75) is 26.2 Å². The fourth-order valence-electron chi connectivity index (χ4n) is 2.36. The number of nitrogens with one attached hydrogen (secondary N) is 2. The Morgan fingerprint density at radius 1 is 0.852 bits per heavy atom. The van der Waals surface area contributed by atoms with Gasteiger partial charge in [0.25, 0.3) is 11.8 Å². The van der Waals surface area contributed by atoms with Crippen LogP contribution in [-0.2, 0) is 14.9 Å². The van der Waals surface area contributed by atoms with E-state index in [-0.39, 0.29) is 17.9 Å². The fraction of sp³-hybridized carbons (Fsp3) is 0.286. The number of esters is 1. The van der Waals surface area contributed by atoms with Gasteiger partial charge < -0.3 is 15.4 Å². The fourth-order valence-corrected chi connectivity index (χ4v) is 2.36. The molecule has 2 N–H and O–H groups in total. The number of hydrogen-bond acceptors (Lipinski definition) is 4. The number of ether oxygens (including phenoxy) is 1. The van der Waals surface area contributed by atoms with E-state index in [1.165, 1.54) is 7.11 Å². The third kappa shape index (κ3) is 5.67. The molecule has 0 atom stereocenters. The number of carbonyl (C=O) groups excluding carboxylic acids is 3. The number of benzene rings is 2. The minimum Gasteiger partial charge on any atom is -0.468 e. The van der Waals surface area contributed by atoms with Crippen LogP contribution in [0.25, 0.3) is 0 Å². The molecule has 6 nitrogen and oxygen atoms in total. The van der Waals surface area contributed by atoms with Crippen LogP contribution < -0.4 is 10.6 Å². The quantitative estimate of drug-likeness (QED) is 0.794. The van der Waals surface area contributed by atoms with E-state index < -0.39 is 11.9 Å². The van der Waals surface area contributed by atoms with Crippen LogP contribution in [0.2, 0.25) is 0 Å². The lowest BCUT2D eigenvalue weighted by Crippen LogP contribution is -2.30. The second-order valence-corrected chi connectivity index (χ2v) is 7.12. The van der Waals surface area contributed by atoms with Gasteiger partial charge in [-0.05, 0) is 47.4 Å². The maximum absolute atomic E-state index is 12.4. The first-order valence-corrected chi connectivity index (χ1v) is 8.57. The van der Waals surface area contributed by atoms with E-state index in [0.29, 0.717) is 16.8 Å². The van der Waals surface area contributed by atoms with Crippen LogP contribution in [0.15, 0.2) is 48.5 Å². The van der Waals surface area contributed by atoms with Crippen LogP contribution in [0.1, 0.15) is 47.1 Å². The Kier molecular flexibility index (Phi) is 6.34. The summed E-state index contributed by atoms with van der Waals surface area (Å²) in [6.07, 6.45) is 0. The summed E-state index contributed by atoms with van der Waals surface area (Å²) in [5, 5.41) is 5.25. The molecule has 0 bridgehead atoms. The average molecular weight is 368 g/mol. The molecule has 0 aliphatic heterocycles. The molecule has 2 aromatic rings. The third-order valence-electron chi connectivity index (χ3n) is 4.04. The molecule has 0 saturated heterocycles. The average Bonchev–Trinajstić information content (AvgIpc) is 2.65. The molecule has 142 valence electrons. The first kappa shape index (κ1) is 20.2. The molecule has 2 aromatic carbocycles. The highest BCUT2D eigenvalue weighted by Gasteiger charge is 2.14. The Morgan fingerprint density at radius 2 is 1.37 bits per heavy atom. The number of anilines is 1. The van der Waals surface area contributed by atoms with Gasteiger partial charge >= 0.3 is 5.97 Å². The van der Waals surface area contributed by atoms with Crippen LogP contribution in [0, 0.1) is 0 Å². The number of hydrogen-bond donors (Lipinski definition) is 2. The van der Waals surface area contributed by atoms with E-state index >= 15 is 0 Å². The van der Waals surface area contributed by atoms with Gasteiger partial charge in [-0.1, -0.05) is 32.9 Å². The predicted octanol–water partition coefficient (Wildman–Crippen LogP) is 3.14. The molecule has 0 spiro atoms. The van der Waals surface area contributed by atoms with Crippen LogP contribution in [0.3, 0.4) is 0 Å². The van der Waals surface area contributed by atoms with Gasteiger partial charge in [0, 0.05) is 16.8 Å². The number of amides is 2. The van der Waals surface area contributed by atoms with E-state index in [1.807, 2.05) is 12.1 Å². The van der Waals surface area contributed by atoms with Crippen molar-refractivity contribution < 1.29 is 19.1 Å². The highest BCUT2D eigenvalue weighted by atomic mass is 16.5. The largest absolute Gasteiger partial charge is 0.468 e. The molecule has 0 unspecified atom stereocenters. The Labute approximate surface area is 158 Å². The third-order valence-corrected chi connectivity index (χ3v) is 4.04. The van der Waals surface area contributed by atoms with Crippen molar-refractivity contribution in [1.29, 1.82) is 0 Å². The normalized spacial score (nSPS) is 10.8. The molecule has 2 rings (SSSR count). The zero-order chi connectivity index (χ0) is 20.0. The summed E-state index contributed by atoms with van der Waals surface area (Å²) in [5.74, 6) is -1.14. The molecule has 0 aromatic heterocycles. The molecule has 0 aliphatic carbocycles. The van der Waals surface area contributed by atoms with Gasteiger partial charge in [0.05, 0.1) is 7.11 Å². The van der Waals surface area contributed by atoms with E-state index in [4.69, 9.17) is 0 Å². The number of methoxy groups -OCH3 is 1. The smallest absolute Gasteiger partial charge is 0.325 e. The topological polar surface area (TPSA) is 84.5 Å². The van der Waals surface area contributed by atoms with Gasteiger partial charge in [-0.25, -0.2) is 0 Å². The Morgan fingerprint density at radius 3 is 1.89 bits per heavy atom. The summed E-state index contributed by atoms with van der Waals surface area (Å²) >= 11 is 0. The Balaban J connectivity index is 1.98. The monoisotopic (exact) mass is 368 g/mol. The van der Waals surface area contributed by atoms with Gasteiger partial charge in [0.1, 0.15) is 6.54 Å². The SMILES string of the molecule is COC(=O)CNC(=O)c1ccc(NC(=O)c2ccc(C(C)(C)C)cc2)cc1. The maximum Gasteiger partial charge on any atom is 0.325 e. The number of rotatable bonds is 5. The molecule has 0 heterocycles. The van der Waals surface area contributed by atoms with Crippen molar-refractivity contribution in [3.8, 4) is 0 Å². The highest BCUT2D eigenvalue weighted by Crippen LogP contribution is 2.22. The molecule has 0 fully saturated rings. The second-order valence-electron chi connectivity index (χ2n) is 7.12. The first-order chi connectivity index (χ1) is 12.7. The van der Waals surface area contributed by atoms with Gasteiger partial charge in [-0.3, -0.25) is 14.4 Å². The molecule has 0 saturated carbocycles. The van der Waals surface area contributed by atoms with Crippen LogP contribution >= 0.6 is 0 Å². The Bertz CT molecular complexity index is 819. The summed E-state index contributed by atoms with van der Waals surface area (Å²) < 4.78 is 4.47. The lowest BCUT2D eigenvalue weighted by atomic mass is 9.87. The van der Waals surface area contributed by atoms with Crippen molar-refractivity contribution in [3.63, 3.8) is 0 Å². The molecular weight excluding hydrogens is 344 g/mol. The second kappa shape index (κ2) is 8.49.